The molecule has 15 heavy (non-hydrogen) atoms. The minimum Gasteiger partial charge on any atom is -0.389 e. The van der Waals surface area contributed by atoms with Crippen molar-refractivity contribution in [3.63, 3.8) is 0 Å². The third-order valence-corrected chi connectivity index (χ3v) is 2.89. The predicted octanol–water partition coefficient (Wildman–Crippen LogP) is 1.41. The van der Waals surface area contributed by atoms with E-state index in [-0.39, 0.29) is 12.2 Å². The van der Waals surface area contributed by atoms with E-state index in [9.17, 15) is 5.11 Å². The van der Waals surface area contributed by atoms with Crippen molar-refractivity contribution in [2.45, 2.75) is 45.8 Å². The highest BCUT2D eigenvalue weighted by atomic mass is 16.5. The molecule has 1 saturated carbocycles. The normalized spacial score (nSPS) is 20.6. The number of hydrogen-bond acceptors (Lipinski definition) is 3. The molecule has 2 atom stereocenters. The van der Waals surface area contributed by atoms with E-state index in [1.807, 2.05) is 13.8 Å². The lowest BCUT2D eigenvalue weighted by atomic mass is 10.1. The van der Waals surface area contributed by atoms with Crippen molar-refractivity contribution in [3.05, 3.63) is 0 Å². The van der Waals surface area contributed by atoms with E-state index in [0.717, 1.165) is 18.4 Å². The molecular formula is C12H25NO2. The van der Waals surface area contributed by atoms with Gasteiger partial charge in [-0.3, -0.25) is 0 Å². The predicted molar refractivity (Wildman–Crippen MR) is 61.9 cm³/mol. The van der Waals surface area contributed by atoms with E-state index in [1.165, 1.54) is 12.8 Å². The van der Waals surface area contributed by atoms with Crippen LogP contribution in [0, 0.1) is 11.8 Å². The van der Waals surface area contributed by atoms with Crippen LogP contribution in [0.3, 0.4) is 0 Å². The Hall–Kier alpha value is -0.120. The zero-order chi connectivity index (χ0) is 11.3. The number of ether oxygens (including phenoxy) is 1. The summed E-state index contributed by atoms with van der Waals surface area (Å²) in [6.07, 6.45) is 2.60. The quantitative estimate of drug-likeness (QED) is 0.643. The van der Waals surface area contributed by atoms with Crippen LogP contribution >= 0.6 is 0 Å². The standard InChI is InChI=1S/C12H25NO2/c1-9(2)15-8-12(14)7-13-6-10(3)11-4-5-11/h9-14H,4-8H2,1-3H3. The van der Waals surface area contributed by atoms with Gasteiger partial charge in [0.2, 0.25) is 0 Å². The van der Waals surface area contributed by atoms with Crippen molar-refractivity contribution in [1.82, 2.24) is 5.32 Å². The number of aliphatic hydroxyl groups is 1. The van der Waals surface area contributed by atoms with Gasteiger partial charge in [-0.15, -0.1) is 0 Å². The Kier molecular flexibility index (Phi) is 5.58. The Morgan fingerprint density at radius 2 is 1.93 bits per heavy atom. The number of aliphatic hydroxyl groups excluding tert-OH is 1. The molecule has 1 fully saturated rings. The zero-order valence-corrected chi connectivity index (χ0v) is 10.2. The Morgan fingerprint density at radius 3 is 2.47 bits per heavy atom. The third kappa shape index (κ3) is 6.13. The third-order valence-electron chi connectivity index (χ3n) is 2.89. The summed E-state index contributed by atoms with van der Waals surface area (Å²) in [4.78, 5) is 0. The van der Waals surface area contributed by atoms with Crippen LogP contribution in [0.15, 0.2) is 0 Å². The lowest BCUT2D eigenvalue weighted by Crippen LogP contribution is -2.34. The van der Waals surface area contributed by atoms with Gasteiger partial charge in [-0.1, -0.05) is 6.92 Å². The first-order chi connectivity index (χ1) is 7.09. The molecule has 0 saturated heterocycles. The van der Waals surface area contributed by atoms with Crippen LogP contribution in [0.25, 0.3) is 0 Å². The lowest BCUT2D eigenvalue weighted by molar-refractivity contribution is 0.00614. The van der Waals surface area contributed by atoms with Gasteiger partial charge in [0.25, 0.3) is 0 Å². The molecular weight excluding hydrogens is 190 g/mol. The van der Waals surface area contributed by atoms with Gasteiger partial charge >= 0.3 is 0 Å². The zero-order valence-electron chi connectivity index (χ0n) is 10.2. The van der Waals surface area contributed by atoms with Crippen molar-refractivity contribution in [3.8, 4) is 0 Å². The first kappa shape index (κ1) is 12.9. The van der Waals surface area contributed by atoms with E-state index in [0.29, 0.717) is 13.2 Å². The first-order valence-corrected chi connectivity index (χ1v) is 6.10. The average molecular weight is 215 g/mol. The van der Waals surface area contributed by atoms with Crippen LogP contribution in [0.5, 0.6) is 0 Å². The molecule has 0 heterocycles. The molecule has 0 spiro atoms. The van der Waals surface area contributed by atoms with Crippen LogP contribution < -0.4 is 5.32 Å². The van der Waals surface area contributed by atoms with Gasteiger partial charge in [0.15, 0.2) is 0 Å². The summed E-state index contributed by atoms with van der Waals surface area (Å²) in [6, 6.07) is 0. The largest absolute Gasteiger partial charge is 0.389 e. The Labute approximate surface area is 93.2 Å². The lowest BCUT2D eigenvalue weighted by Gasteiger charge is -2.16. The molecule has 0 aromatic heterocycles. The second kappa shape index (κ2) is 6.46. The highest BCUT2D eigenvalue weighted by Crippen LogP contribution is 2.35. The Morgan fingerprint density at radius 1 is 1.27 bits per heavy atom. The molecule has 0 radical (unpaired) electrons. The van der Waals surface area contributed by atoms with E-state index < -0.39 is 0 Å². The molecule has 0 aliphatic heterocycles. The first-order valence-electron chi connectivity index (χ1n) is 6.10. The van der Waals surface area contributed by atoms with Crippen LogP contribution in [0.4, 0.5) is 0 Å². The maximum absolute atomic E-state index is 9.58. The molecule has 0 bridgehead atoms. The summed E-state index contributed by atoms with van der Waals surface area (Å²) in [5, 5.41) is 12.9. The maximum atomic E-state index is 9.58. The molecule has 2 unspecified atom stereocenters. The smallest absolute Gasteiger partial charge is 0.0897 e. The summed E-state index contributed by atoms with van der Waals surface area (Å²) in [7, 11) is 0. The van der Waals surface area contributed by atoms with E-state index in [2.05, 4.69) is 12.2 Å². The highest BCUT2D eigenvalue weighted by Gasteiger charge is 2.27. The average Bonchev–Trinajstić information content (AvgIpc) is 2.97. The SMILES string of the molecule is CC(C)OCC(O)CNCC(C)C1CC1. The number of hydrogen-bond donors (Lipinski definition) is 2. The molecule has 0 aromatic rings. The minimum absolute atomic E-state index is 0.199. The molecule has 2 N–H and O–H groups in total. The van der Waals surface area contributed by atoms with Crippen molar-refractivity contribution < 1.29 is 9.84 Å². The van der Waals surface area contributed by atoms with Gasteiger partial charge in [0, 0.05) is 6.54 Å². The van der Waals surface area contributed by atoms with Crippen molar-refractivity contribution >= 4 is 0 Å². The number of nitrogens with one attached hydrogen (secondary N) is 1. The molecule has 0 aromatic carbocycles. The number of rotatable bonds is 8. The van der Waals surface area contributed by atoms with E-state index in [1.54, 1.807) is 0 Å². The molecule has 3 heteroatoms. The van der Waals surface area contributed by atoms with Gasteiger partial charge < -0.3 is 15.2 Å². The van der Waals surface area contributed by atoms with Crippen LogP contribution in [0.1, 0.15) is 33.6 Å². The molecule has 3 nitrogen and oxygen atoms in total. The Bertz CT molecular complexity index is 169. The fraction of sp³-hybridized carbons (Fsp3) is 1.00. The van der Waals surface area contributed by atoms with Gasteiger partial charge in [-0.25, -0.2) is 0 Å². The fourth-order valence-corrected chi connectivity index (χ4v) is 1.67. The van der Waals surface area contributed by atoms with Gasteiger partial charge in [0.1, 0.15) is 0 Å². The van der Waals surface area contributed by atoms with Crippen LogP contribution in [-0.4, -0.2) is 37.0 Å². The summed E-state index contributed by atoms with van der Waals surface area (Å²) in [5.74, 6) is 1.68. The van der Waals surface area contributed by atoms with Crippen molar-refractivity contribution in [1.29, 1.82) is 0 Å². The second-order valence-corrected chi connectivity index (χ2v) is 5.01. The van der Waals surface area contributed by atoms with Crippen molar-refractivity contribution in [2.75, 3.05) is 19.7 Å². The maximum Gasteiger partial charge on any atom is 0.0897 e. The summed E-state index contributed by atoms with van der Waals surface area (Å²) in [5.41, 5.74) is 0. The molecule has 1 aliphatic carbocycles. The summed E-state index contributed by atoms with van der Waals surface area (Å²) in [6.45, 7) is 8.34. The molecule has 1 rings (SSSR count). The highest BCUT2D eigenvalue weighted by molar-refractivity contribution is 4.80. The van der Waals surface area contributed by atoms with Gasteiger partial charge in [0.05, 0.1) is 18.8 Å². The molecule has 1 aliphatic rings. The van der Waals surface area contributed by atoms with Gasteiger partial charge in [-0.05, 0) is 45.1 Å². The summed E-state index contributed by atoms with van der Waals surface area (Å²) >= 11 is 0. The Balaban J connectivity index is 1.93. The van der Waals surface area contributed by atoms with Gasteiger partial charge in [-0.2, -0.15) is 0 Å². The summed E-state index contributed by atoms with van der Waals surface area (Å²) < 4.78 is 5.33. The fourth-order valence-electron chi connectivity index (χ4n) is 1.67. The van der Waals surface area contributed by atoms with Crippen molar-refractivity contribution in [2.24, 2.45) is 11.8 Å². The topological polar surface area (TPSA) is 41.5 Å². The monoisotopic (exact) mass is 215 g/mol. The van der Waals surface area contributed by atoms with Crippen LogP contribution in [-0.2, 0) is 4.74 Å². The molecule has 0 amide bonds. The van der Waals surface area contributed by atoms with Crippen LogP contribution in [0.2, 0.25) is 0 Å². The minimum atomic E-state index is -0.376. The van der Waals surface area contributed by atoms with E-state index in [4.69, 9.17) is 4.74 Å². The van der Waals surface area contributed by atoms with E-state index >= 15 is 0 Å². The molecule has 90 valence electrons. The second-order valence-electron chi connectivity index (χ2n) is 5.01.